The highest BCUT2D eigenvalue weighted by Crippen LogP contribution is 2.41. The summed E-state index contributed by atoms with van der Waals surface area (Å²) in [6.07, 6.45) is 3.07. The first-order chi connectivity index (χ1) is 15.3. The standard InChI is InChI=1S/C25H33F3N2O2/c26-25(27,28)23(31)21-18-30(22-10-5-4-9-20(21)22)14-6-13-29-15-11-24(32,12-16-29)17-19-7-2-1-3-8-19/h1-3,7-8,18,20,22,32H,4-6,9-17H2. The lowest BCUT2D eigenvalue weighted by atomic mass is 9.80. The van der Waals surface area contributed by atoms with Gasteiger partial charge in [-0.15, -0.1) is 0 Å². The van der Waals surface area contributed by atoms with Crippen molar-refractivity contribution in [2.24, 2.45) is 5.92 Å². The first-order valence-electron chi connectivity index (χ1n) is 11.8. The van der Waals surface area contributed by atoms with E-state index >= 15 is 0 Å². The van der Waals surface area contributed by atoms with E-state index in [-0.39, 0.29) is 17.5 Å². The predicted octanol–water partition coefficient (Wildman–Crippen LogP) is 4.34. The molecule has 1 aromatic rings. The van der Waals surface area contributed by atoms with Crippen LogP contribution < -0.4 is 0 Å². The van der Waals surface area contributed by atoms with Crippen LogP contribution in [-0.4, -0.2) is 64.7 Å². The number of alkyl halides is 3. The van der Waals surface area contributed by atoms with Gasteiger partial charge in [-0.05, 0) is 44.2 Å². The highest BCUT2D eigenvalue weighted by Gasteiger charge is 2.48. The molecule has 1 aromatic carbocycles. The fourth-order valence-corrected chi connectivity index (χ4v) is 5.68. The number of Topliss-reactive ketones (excluding diaryl/α,β-unsaturated/α-hetero) is 1. The van der Waals surface area contributed by atoms with E-state index in [2.05, 4.69) is 4.90 Å². The van der Waals surface area contributed by atoms with Crippen molar-refractivity contribution in [3.05, 3.63) is 47.7 Å². The van der Waals surface area contributed by atoms with Crippen LogP contribution in [0, 0.1) is 5.92 Å². The van der Waals surface area contributed by atoms with Gasteiger partial charge in [0.05, 0.1) is 5.60 Å². The number of benzene rings is 1. The number of hydrogen-bond acceptors (Lipinski definition) is 4. The van der Waals surface area contributed by atoms with E-state index in [1.54, 1.807) is 0 Å². The van der Waals surface area contributed by atoms with Crippen LogP contribution in [0.3, 0.4) is 0 Å². The second-order valence-corrected chi connectivity index (χ2v) is 9.69. The molecule has 1 saturated heterocycles. The number of likely N-dealkylation sites (tertiary alicyclic amines) is 1. The molecule has 2 aliphatic heterocycles. The van der Waals surface area contributed by atoms with Crippen molar-refractivity contribution in [2.45, 2.75) is 69.2 Å². The van der Waals surface area contributed by atoms with Crippen LogP contribution in [0.2, 0.25) is 0 Å². The van der Waals surface area contributed by atoms with Crippen LogP contribution in [0.1, 0.15) is 50.5 Å². The van der Waals surface area contributed by atoms with Crippen molar-refractivity contribution in [3.8, 4) is 0 Å². The molecule has 32 heavy (non-hydrogen) atoms. The summed E-state index contributed by atoms with van der Waals surface area (Å²) in [6.45, 7) is 3.17. The highest BCUT2D eigenvalue weighted by atomic mass is 19.4. The summed E-state index contributed by atoms with van der Waals surface area (Å²) in [5.41, 5.74) is 0.444. The molecule has 0 spiro atoms. The molecule has 2 atom stereocenters. The van der Waals surface area contributed by atoms with E-state index in [0.717, 1.165) is 63.7 Å². The van der Waals surface area contributed by atoms with Gasteiger partial charge in [-0.1, -0.05) is 43.2 Å². The number of aliphatic hydroxyl groups is 1. The third-order valence-corrected chi connectivity index (χ3v) is 7.43. The Balaban J connectivity index is 1.27. The Hall–Kier alpha value is -1.86. The minimum atomic E-state index is -4.80. The van der Waals surface area contributed by atoms with Gasteiger partial charge in [0.1, 0.15) is 0 Å². The molecule has 0 aromatic heterocycles. The number of rotatable bonds is 7. The van der Waals surface area contributed by atoms with Gasteiger partial charge in [-0.3, -0.25) is 4.79 Å². The molecular formula is C25H33F3N2O2. The fraction of sp³-hybridized carbons (Fsp3) is 0.640. The zero-order valence-corrected chi connectivity index (χ0v) is 18.5. The molecule has 0 bridgehead atoms. The molecule has 176 valence electrons. The molecule has 0 amide bonds. The lowest BCUT2D eigenvalue weighted by molar-refractivity contribution is -0.167. The molecule has 2 heterocycles. The van der Waals surface area contributed by atoms with Gasteiger partial charge in [0.2, 0.25) is 0 Å². The van der Waals surface area contributed by atoms with Crippen molar-refractivity contribution < 1.29 is 23.1 Å². The van der Waals surface area contributed by atoms with E-state index in [1.165, 1.54) is 6.20 Å². The Morgan fingerprint density at radius 2 is 1.75 bits per heavy atom. The number of carbonyl (C=O) groups is 1. The Morgan fingerprint density at radius 3 is 2.44 bits per heavy atom. The number of fused-ring (bicyclic) bond motifs is 1. The Bertz CT molecular complexity index is 816. The zero-order valence-electron chi connectivity index (χ0n) is 18.5. The summed E-state index contributed by atoms with van der Waals surface area (Å²) in [6, 6.07) is 10.1. The minimum absolute atomic E-state index is 0.0300. The molecule has 7 heteroatoms. The van der Waals surface area contributed by atoms with E-state index in [1.807, 2.05) is 35.2 Å². The summed E-state index contributed by atoms with van der Waals surface area (Å²) in [5, 5.41) is 11.0. The second-order valence-electron chi connectivity index (χ2n) is 9.69. The van der Waals surface area contributed by atoms with Crippen LogP contribution in [0.4, 0.5) is 13.2 Å². The first-order valence-corrected chi connectivity index (χ1v) is 11.8. The van der Waals surface area contributed by atoms with Gasteiger partial charge >= 0.3 is 6.18 Å². The summed E-state index contributed by atoms with van der Waals surface area (Å²) >= 11 is 0. The molecule has 2 fully saturated rings. The molecule has 4 nitrogen and oxygen atoms in total. The minimum Gasteiger partial charge on any atom is -0.389 e. The van der Waals surface area contributed by atoms with Crippen molar-refractivity contribution in [1.29, 1.82) is 0 Å². The van der Waals surface area contributed by atoms with Crippen molar-refractivity contribution in [2.75, 3.05) is 26.2 Å². The topological polar surface area (TPSA) is 43.8 Å². The van der Waals surface area contributed by atoms with Gasteiger partial charge in [-0.25, -0.2) is 0 Å². The van der Waals surface area contributed by atoms with Crippen molar-refractivity contribution in [3.63, 3.8) is 0 Å². The largest absolute Gasteiger partial charge is 0.454 e. The first kappa shape index (κ1) is 23.3. The molecule has 3 aliphatic rings. The van der Waals surface area contributed by atoms with Gasteiger partial charge in [0.25, 0.3) is 5.78 Å². The monoisotopic (exact) mass is 450 g/mol. The Morgan fingerprint density at radius 1 is 1.06 bits per heavy atom. The summed E-state index contributed by atoms with van der Waals surface area (Å²) in [4.78, 5) is 16.3. The van der Waals surface area contributed by atoms with E-state index in [9.17, 15) is 23.1 Å². The molecule has 4 rings (SSSR count). The smallest absolute Gasteiger partial charge is 0.389 e. The number of nitrogens with zero attached hydrogens (tertiary/aromatic N) is 2. The number of ketones is 1. The second kappa shape index (κ2) is 9.56. The van der Waals surface area contributed by atoms with Crippen LogP contribution in [0.5, 0.6) is 0 Å². The van der Waals surface area contributed by atoms with E-state index < -0.39 is 17.6 Å². The van der Waals surface area contributed by atoms with E-state index in [0.29, 0.717) is 19.4 Å². The summed E-state index contributed by atoms with van der Waals surface area (Å²) < 4.78 is 39.1. The summed E-state index contributed by atoms with van der Waals surface area (Å²) in [5.74, 6) is -1.94. The maximum atomic E-state index is 13.0. The van der Waals surface area contributed by atoms with Crippen LogP contribution >= 0.6 is 0 Å². The van der Waals surface area contributed by atoms with Gasteiger partial charge in [-0.2, -0.15) is 13.2 Å². The molecule has 1 aliphatic carbocycles. The summed E-state index contributed by atoms with van der Waals surface area (Å²) in [7, 11) is 0. The lowest BCUT2D eigenvalue weighted by Crippen LogP contribution is -2.46. The predicted molar refractivity (Wildman–Crippen MR) is 117 cm³/mol. The molecule has 2 unspecified atom stereocenters. The quantitative estimate of drug-likeness (QED) is 0.671. The molecular weight excluding hydrogens is 417 g/mol. The van der Waals surface area contributed by atoms with Crippen LogP contribution in [-0.2, 0) is 11.2 Å². The lowest BCUT2D eigenvalue weighted by Gasteiger charge is -2.39. The van der Waals surface area contributed by atoms with Gasteiger partial charge in [0.15, 0.2) is 0 Å². The normalized spacial score (nSPS) is 26.0. The highest BCUT2D eigenvalue weighted by molar-refractivity contribution is 6.00. The van der Waals surface area contributed by atoms with Crippen LogP contribution in [0.25, 0.3) is 0 Å². The molecule has 0 radical (unpaired) electrons. The Kier molecular flexibility index (Phi) is 6.96. The fourth-order valence-electron chi connectivity index (χ4n) is 5.68. The molecule has 1 saturated carbocycles. The Labute approximate surface area is 188 Å². The van der Waals surface area contributed by atoms with Crippen molar-refractivity contribution in [1.82, 2.24) is 9.80 Å². The third kappa shape index (κ3) is 5.37. The molecule has 1 N–H and O–H groups in total. The van der Waals surface area contributed by atoms with Crippen molar-refractivity contribution >= 4 is 5.78 Å². The number of piperidine rings is 1. The number of carbonyl (C=O) groups excluding carboxylic acids is 1. The zero-order chi connectivity index (χ0) is 22.8. The number of halogens is 3. The maximum Gasteiger partial charge on any atom is 0.454 e. The number of hydrogen-bond donors (Lipinski definition) is 1. The maximum absolute atomic E-state index is 13.0. The van der Waals surface area contributed by atoms with E-state index in [4.69, 9.17) is 0 Å². The average Bonchev–Trinajstić information content (AvgIpc) is 3.13. The van der Waals surface area contributed by atoms with Gasteiger partial charge < -0.3 is 14.9 Å². The SMILES string of the molecule is O=C(C1=CN(CCCN2CCC(O)(Cc3ccccc3)CC2)C2CCCCC12)C(F)(F)F. The van der Waals surface area contributed by atoms with Gasteiger partial charge in [0, 0.05) is 49.8 Å². The average molecular weight is 451 g/mol. The third-order valence-electron chi connectivity index (χ3n) is 7.43. The van der Waals surface area contributed by atoms with Crippen LogP contribution in [0.15, 0.2) is 42.1 Å².